The zero-order valence-electron chi connectivity index (χ0n) is 18.2. The average molecular weight is 441 g/mol. The smallest absolute Gasteiger partial charge is 0.254 e. The molecule has 0 spiro atoms. The molecule has 166 valence electrons. The van der Waals surface area contributed by atoms with Crippen molar-refractivity contribution in [2.75, 3.05) is 12.8 Å². The highest BCUT2D eigenvalue weighted by molar-refractivity contribution is 6.04. The van der Waals surface area contributed by atoms with Crippen LogP contribution in [0.15, 0.2) is 60.7 Å². The number of carbonyl (C=O) groups is 2. The van der Waals surface area contributed by atoms with Gasteiger partial charge in [0, 0.05) is 29.5 Å². The Kier molecular flexibility index (Phi) is 5.05. The lowest BCUT2D eigenvalue weighted by atomic mass is 9.79. The Morgan fingerprint density at radius 3 is 2.45 bits per heavy atom. The number of nitrogen functional groups attached to an aromatic ring is 1. The van der Waals surface area contributed by atoms with E-state index in [0.717, 1.165) is 22.2 Å². The van der Waals surface area contributed by atoms with Gasteiger partial charge < -0.3 is 16.8 Å². The van der Waals surface area contributed by atoms with Gasteiger partial charge in [-0.05, 0) is 25.0 Å². The average Bonchev–Trinajstić information content (AvgIpc) is 3.14. The Morgan fingerprint density at radius 2 is 1.76 bits per heavy atom. The minimum absolute atomic E-state index is 0.00199. The first-order valence-electron chi connectivity index (χ1n) is 10.8. The number of nitrogens with one attached hydrogen (secondary N) is 1. The maximum atomic E-state index is 12.3. The maximum absolute atomic E-state index is 12.3. The number of primary amides is 1. The highest BCUT2D eigenvalue weighted by Gasteiger charge is 2.38. The van der Waals surface area contributed by atoms with Gasteiger partial charge in [0.1, 0.15) is 17.1 Å². The van der Waals surface area contributed by atoms with Gasteiger partial charge in [0.25, 0.3) is 5.91 Å². The Balaban J connectivity index is 1.55. The Hall–Kier alpha value is -4.20. The van der Waals surface area contributed by atoms with Crippen molar-refractivity contribution in [2.45, 2.75) is 18.9 Å². The first-order chi connectivity index (χ1) is 16.0. The highest BCUT2D eigenvalue weighted by atomic mass is 16.2. The molecule has 1 aliphatic rings. The van der Waals surface area contributed by atoms with E-state index in [-0.39, 0.29) is 29.2 Å². The molecule has 0 radical (unpaired) electrons. The molecule has 5 N–H and O–H groups in total. The van der Waals surface area contributed by atoms with Gasteiger partial charge in [0.2, 0.25) is 5.91 Å². The fourth-order valence-electron chi connectivity index (χ4n) is 4.41. The summed E-state index contributed by atoms with van der Waals surface area (Å²) in [7, 11) is 1.62. The van der Waals surface area contributed by atoms with E-state index in [9.17, 15) is 9.59 Å². The number of hydrogen-bond donors (Lipinski definition) is 3. The summed E-state index contributed by atoms with van der Waals surface area (Å²) < 4.78 is 1.63. The predicted molar refractivity (Wildman–Crippen MR) is 127 cm³/mol. The summed E-state index contributed by atoms with van der Waals surface area (Å²) in [6.45, 7) is 0. The first kappa shape index (κ1) is 20.7. The summed E-state index contributed by atoms with van der Waals surface area (Å²) in [4.78, 5) is 29.0. The molecule has 1 saturated carbocycles. The molecule has 1 fully saturated rings. The maximum Gasteiger partial charge on any atom is 0.254 e. The Morgan fingerprint density at radius 1 is 1.03 bits per heavy atom. The molecule has 0 aliphatic heterocycles. The van der Waals surface area contributed by atoms with Crippen LogP contribution in [0.25, 0.3) is 33.4 Å². The molecule has 2 amide bonds. The normalized spacial score (nSPS) is 17.5. The molecule has 4 aromatic rings. The number of pyridine rings is 1. The second-order valence-electron chi connectivity index (χ2n) is 8.32. The molecule has 0 atom stereocenters. The first-order valence-corrected chi connectivity index (χ1v) is 10.8. The van der Waals surface area contributed by atoms with Crippen molar-refractivity contribution in [2.24, 2.45) is 11.7 Å². The van der Waals surface area contributed by atoms with Crippen LogP contribution in [-0.4, -0.2) is 33.6 Å². The van der Waals surface area contributed by atoms with Crippen LogP contribution in [0.1, 0.15) is 29.2 Å². The van der Waals surface area contributed by atoms with Crippen molar-refractivity contribution in [3.8, 4) is 22.5 Å². The quantitative estimate of drug-likeness (QED) is 0.439. The Labute approximate surface area is 190 Å². The number of carbonyl (C=O) groups excluding carboxylic acids is 2. The van der Waals surface area contributed by atoms with Crippen molar-refractivity contribution >= 4 is 28.5 Å². The lowest BCUT2D eigenvalue weighted by Gasteiger charge is -2.34. The number of nitrogens with zero attached hydrogens (tertiary/aromatic N) is 3. The standard InChI is InChI=1S/C25H24N6O2/c1-28-25(33)17-11-18(12-17)31-23(26)21(24(27)32)22(30-31)16-8-7-15-9-10-19(29-20(15)13-16)14-5-3-2-4-6-14/h2-10,13,17-18H,11-12,26H2,1H3,(H2,27,32)(H,28,33). The summed E-state index contributed by atoms with van der Waals surface area (Å²) >= 11 is 0. The molecule has 1 aliphatic carbocycles. The van der Waals surface area contributed by atoms with E-state index in [2.05, 4.69) is 10.4 Å². The van der Waals surface area contributed by atoms with E-state index >= 15 is 0 Å². The van der Waals surface area contributed by atoms with E-state index in [1.54, 1.807) is 11.7 Å². The van der Waals surface area contributed by atoms with Gasteiger partial charge in [-0.1, -0.05) is 48.5 Å². The fraction of sp³-hybridized carbons (Fsp3) is 0.200. The zero-order valence-corrected chi connectivity index (χ0v) is 18.2. The number of amides is 2. The number of nitrogens with two attached hydrogens (primary N) is 2. The largest absolute Gasteiger partial charge is 0.383 e. The van der Waals surface area contributed by atoms with E-state index in [1.807, 2.05) is 60.7 Å². The number of benzene rings is 2. The van der Waals surface area contributed by atoms with Gasteiger partial charge >= 0.3 is 0 Å². The number of rotatable bonds is 5. The summed E-state index contributed by atoms with van der Waals surface area (Å²) in [6, 6.07) is 19.6. The summed E-state index contributed by atoms with van der Waals surface area (Å²) in [5.41, 5.74) is 16.0. The molecule has 5 rings (SSSR count). The van der Waals surface area contributed by atoms with Crippen molar-refractivity contribution in [1.82, 2.24) is 20.1 Å². The molecule has 2 aromatic carbocycles. The molecule has 8 nitrogen and oxygen atoms in total. The molecule has 2 heterocycles. The van der Waals surface area contributed by atoms with E-state index in [1.165, 1.54) is 0 Å². The van der Waals surface area contributed by atoms with Crippen LogP contribution in [0.4, 0.5) is 5.82 Å². The zero-order chi connectivity index (χ0) is 23.1. The van der Waals surface area contributed by atoms with Crippen LogP contribution in [0.5, 0.6) is 0 Å². The van der Waals surface area contributed by atoms with Crippen molar-refractivity contribution < 1.29 is 9.59 Å². The molecule has 0 saturated heterocycles. The predicted octanol–water partition coefficient (Wildman–Crippen LogP) is 3.14. The molecule has 2 aromatic heterocycles. The highest BCUT2D eigenvalue weighted by Crippen LogP contribution is 2.41. The third kappa shape index (κ3) is 3.59. The van der Waals surface area contributed by atoms with Crippen molar-refractivity contribution in [3.05, 3.63) is 66.2 Å². The SMILES string of the molecule is CNC(=O)C1CC(n2nc(-c3ccc4ccc(-c5ccccc5)nc4c3)c(C(N)=O)c2N)C1. The second kappa shape index (κ2) is 8.05. The molecule has 8 heteroatoms. The van der Waals surface area contributed by atoms with Crippen LogP contribution in [-0.2, 0) is 4.79 Å². The topological polar surface area (TPSA) is 129 Å². The van der Waals surface area contributed by atoms with Gasteiger partial charge in [-0.2, -0.15) is 5.10 Å². The second-order valence-corrected chi connectivity index (χ2v) is 8.32. The number of fused-ring (bicyclic) bond motifs is 1. The van der Waals surface area contributed by atoms with E-state index in [4.69, 9.17) is 16.5 Å². The fourth-order valence-corrected chi connectivity index (χ4v) is 4.41. The van der Waals surface area contributed by atoms with Crippen LogP contribution < -0.4 is 16.8 Å². The molecule has 33 heavy (non-hydrogen) atoms. The van der Waals surface area contributed by atoms with Crippen LogP contribution in [0, 0.1) is 5.92 Å². The van der Waals surface area contributed by atoms with E-state index in [0.29, 0.717) is 24.1 Å². The lowest BCUT2D eigenvalue weighted by Crippen LogP contribution is -2.38. The lowest BCUT2D eigenvalue weighted by molar-refractivity contribution is -0.128. The summed E-state index contributed by atoms with van der Waals surface area (Å²) in [6.07, 6.45) is 1.23. The number of hydrogen-bond acceptors (Lipinski definition) is 5. The summed E-state index contributed by atoms with van der Waals surface area (Å²) in [5, 5.41) is 8.30. The van der Waals surface area contributed by atoms with Gasteiger partial charge in [-0.15, -0.1) is 0 Å². The van der Waals surface area contributed by atoms with Gasteiger partial charge in [0.15, 0.2) is 0 Å². The Bertz CT molecular complexity index is 1370. The molecule has 0 unspecified atom stereocenters. The van der Waals surface area contributed by atoms with Crippen molar-refractivity contribution in [1.29, 1.82) is 0 Å². The molecular formula is C25H24N6O2. The van der Waals surface area contributed by atoms with Crippen molar-refractivity contribution in [3.63, 3.8) is 0 Å². The van der Waals surface area contributed by atoms with Gasteiger partial charge in [0.05, 0.1) is 17.3 Å². The van der Waals surface area contributed by atoms with E-state index < -0.39 is 5.91 Å². The molecular weight excluding hydrogens is 416 g/mol. The minimum atomic E-state index is -0.637. The molecule has 0 bridgehead atoms. The number of anilines is 1. The third-order valence-corrected chi connectivity index (χ3v) is 6.31. The van der Waals surface area contributed by atoms with Crippen LogP contribution in [0.3, 0.4) is 0 Å². The number of aromatic nitrogens is 3. The minimum Gasteiger partial charge on any atom is -0.383 e. The van der Waals surface area contributed by atoms with Crippen LogP contribution >= 0.6 is 0 Å². The van der Waals surface area contributed by atoms with Crippen LogP contribution in [0.2, 0.25) is 0 Å². The van der Waals surface area contributed by atoms with Gasteiger partial charge in [-0.25, -0.2) is 9.67 Å². The summed E-state index contributed by atoms with van der Waals surface area (Å²) in [5.74, 6) is -0.488. The third-order valence-electron chi connectivity index (χ3n) is 6.31. The monoisotopic (exact) mass is 440 g/mol. The van der Waals surface area contributed by atoms with Gasteiger partial charge in [-0.3, -0.25) is 9.59 Å².